The Morgan fingerprint density at radius 1 is 1.35 bits per heavy atom. The molecule has 0 radical (unpaired) electrons. The lowest BCUT2D eigenvalue weighted by Gasteiger charge is -2.14. The molecule has 0 saturated carbocycles. The van der Waals surface area contributed by atoms with Gasteiger partial charge in [0.15, 0.2) is 5.96 Å². The van der Waals surface area contributed by atoms with Crippen LogP contribution in [0, 0.1) is 0 Å². The van der Waals surface area contributed by atoms with E-state index in [0.717, 1.165) is 43.9 Å². The highest BCUT2D eigenvalue weighted by atomic mass is 127. The first-order chi connectivity index (χ1) is 10.7. The first-order valence-electron chi connectivity index (χ1n) is 7.96. The largest absolute Gasteiger partial charge is 0.357 e. The molecular formula is C15H26IN5OS. The normalized spacial score (nSPS) is 14.5. The van der Waals surface area contributed by atoms with Crippen molar-refractivity contribution in [1.29, 1.82) is 0 Å². The number of carbonyl (C=O) groups is 1. The van der Waals surface area contributed by atoms with Crippen molar-refractivity contribution >= 4 is 47.2 Å². The van der Waals surface area contributed by atoms with Gasteiger partial charge in [0.2, 0.25) is 5.91 Å². The maximum Gasteiger partial charge on any atom is 0.244 e. The molecule has 1 aromatic rings. The molecule has 0 aromatic carbocycles. The second-order valence-electron chi connectivity index (χ2n) is 5.21. The Kier molecular flexibility index (Phi) is 9.46. The molecule has 8 heteroatoms. The predicted octanol–water partition coefficient (Wildman–Crippen LogP) is 2.00. The van der Waals surface area contributed by atoms with Gasteiger partial charge < -0.3 is 15.5 Å². The Bertz CT molecular complexity index is 514. The Morgan fingerprint density at radius 2 is 2.09 bits per heavy atom. The van der Waals surface area contributed by atoms with Crippen molar-refractivity contribution in [2.24, 2.45) is 4.99 Å². The summed E-state index contributed by atoms with van der Waals surface area (Å²) in [5.74, 6) is 0.778. The number of guanidine groups is 1. The van der Waals surface area contributed by atoms with E-state index in [4.69, 9.17) is 0 Å². The highest BCUT2D eigenvalue weighted by Crippen LogP contribution is 2.12. The van der Waals surface area contributed by atoms with Crippen LogP contribution in [0.1, 0.15) is 36.6 Å². The zero-order valence-electron chi connectivity index (χ0n) is 13.8. The minimum absolute atomic E-state index is 0. The molecule has 1 fully saturated rings. The van der Waals surface area contributed by atoms with Crippen molar-refractivity contribution in [1.82, 2.24) is 20.5 Å². The van der Waals surface area contributed by atoms with Gasteiger partial charge in [-0.25, -0.2) is 9.98 Å². The summed E-state index contributed by atoms with van der Waals surface area (Å²) in [5.41, 5.74) is 0. The van der Waals surface area contributed by atoms with Crippen LogP contribution in [0.25, 0.3) is 0 Å². The molecule has 2 N–H and O–H groups in total. The number of amides is 1. The fourth-order valence-corrected chi connectivity index (χ4v) is 3.11. The quantitative estimate of drug-likeness (QED) is 0.395. The summed E-state index contributed by atoms with van der Waals surface area (Å²) in [6, 6.07) is 0. The van der Waals surface area contributed by atoms with E-state index in [0.29, 0.717) is 12.5 Å². The van der Waals surface area contributed by atoms with Gasteiger partial charge in [0.25, 0.3) is 0 Å². The fraction of sp³-hybridized carbons (Fsp3) is 0.667. The van der Waals surface area contributed by atoms with E-state index >= 15 is 0 Å². The van der Waals surface area contributed by atoms with E-state index in [2.05, 4.69) is 27.5 Å². The van der Waals surface area contributed by atoms with Crippen LogP contribution in [0.5, 0.6) is 0 Å². The molecular weight excluding hydrogens is 425 g/mol. The molecule has 0 bridgehead atoms. The Morgan fingerprint density at radius 3 is 2.70 bits per heavy atom. The van der Waals surface area contributed by atoms with Gasteiger partial charge in [-0.1, -0.05) is 6.92 Å². The van der Waals surface area contributed by atoms with Crippen molar-refractivity contribution in [3.8, 4) is 0 Å². The summed E-state index contributed by atoms with van der Waals surface area (Å²) >= 11 is 1.71. The summed E-state index contributed by atoms with van der Waals surface area (Å²) in [7, 11) is 0. The minimum Gasteiger partial charge on any atom is -0.357 e. The molecule has 0 spiro atoms. The third-order valence-corrected chi connectivity index (χ3v) is 4.67. The maximum atomic E-state index is 12.0. The molecule has 1 saturated heterocycles. The molecule has 1 amide bonds. The average molecular weight is 451 g/mol. The van der Waals surface area contributed by atoms with E-state index in [1.807, 2.05) is 18.0 Å². The highest BCUT2D eigenvalue weighted by molar-refractivity contribution is 14.0. The van der Waals surface area contributed by atoms with E-state index in [1.54, 1.807) is 11.3 Å². The van der Waals surface area contributed by atoms with Gasteiger partial charge in [-0.3, -0.25) is 4.79 Å². The maximum absolute atomic E-state index is 12.0. The second kappa shape index (κ2) is 10.8. The van der Waals surface area contributed by atoms with Crippen LogP contribution in [0.15, 0.2) is 11.2 Å². The first-order valence-corrected chi connectivity index (χ1v) is 8.78. The molecule has 2 rings (SSSR count). The Hall–Kier alpha value is -0.900. The van der Waals surface area contributed by atoms with Gasteiger partial charge in [-0.15, -0.1) is 35.3 Å². The third-order valence-electron chi connectivity index (χ3n) is 3.53. The van der Waals surface area contributed by atoms with Crippen molar-refractivity contribution in [2.45, 2.75) is 39.7 Å². The number of aryl methyl sites for hydroxylation is 1. The number of carbonyl (C=O) groups excluding carboxylic acids is 1. The number of nitrogens with one attached hydrogen (secondary N) is 2. The number of rotatable bonds is 6. The van der Waals surface area contributed by atoms with E-state index < -0.39 is 0 Å². The van der Waals surface area contributed by atoms with Gasteiger partial charge in [0.05, 0.1) is 6.54 Å². The molecule has 0 unspecified atom stereocenters. The number of aromatic nitrogens is 1. The van der Waals surface area contributed by atoms with E-state index in [-0.39, 0.29) is 36.4 Å². The van der Waals surface area contributed by atoms with Crippen LogP contribution < -0.4 is 10.6 Å². The topological polar surface area (TPSA) is 69.6 Å². The van der Waals surface area contributed by atoms with Crippen LogP contribution in [-0.4, -0.2) is 47.9 Å². The predicted molar refractivity (Wildman–Crippen MR) is 106 cm³/mol. The summed E-state index contributed by atoms with van der Waals surface area (Å²) in [5, 5.41) is 7.44. The SMILES string of the molecule is CCNC(=NCC(=O)N1CCCC1)NCc1ncc(CC)s1.I. The summed E-state index contributed by atoms with van der Waals surface area (Å²) in [6.45, 7) is 7.48. The lowest BCUT2D eigenvalue weighted by molar-refractivity contribution is -0.128. The fourth-order valence-electron chi connectivity index (χ4n) is 2.31. The molecule has 1 aliphatic rings. The Labute approximate surface area is 159 Å². The minimum atomic E-state index is 0. The van der Waals surface area contributed by atoms with Gasteiger partial charge in [0, 0.05) is 30.7 Å². The van der Waals surface area contributed by atoms with E-state index in [1.165, 1.54) is 4.88 Å². The summed E-state index contributed by atoms with van der Waals surface area (Å²) < 4.78 is 0. The smallest absolute Gasteiger partial charge is 0.244 e. The van der Waals surface area contributed by atoms with Crippen LogP contribution in [0.4, 0.5) is 0 Å². The van der Waals surface area contributed by atoms with E-state index in [9.17, 15) is 4.79 Å². The van der Waals surface area contributed by atoms with Crippen LogP contribution in [0.3, 0.4) is 0 Å². The average Bonchev–Trinajstić information content (AvgIpc) is 3.20. The molecule has 1 aliphatic heterocycles. The first kappa shape index (κ1) is 20.1. The molecule has 0 aliphatic carbocycles. The molecule has 6 nitrogen and oxygen atoms in total. The lowest BCUT2D eigenvalue weighted by atomic mass is 10.4. The third kappa shape index (κ3) is 6.62. The zero-order chi connectivity index (χ0) is 15.8. The highest BCUT2D eigenvalue weighted by Gasteiger charge is 2.17. The zero-order valence-corrected chi connectivity index (χ0v) is 16.9. The lowest BCUT2D eigenvalue weighted by Crippen LogP contribution is -2.38. The van der Waals surface area contributed by atoms with Crippen molar-refractivity contribution in [3.05, 3.63) is 16.1 Å². The monoisotopic (exact) mass is 451 g/mol. The number of hydrogen-bond acceptors (Lipinski definition) is 4. The summed E-state index contributed by atoms with van der Waals surface area (Å²) in [6.07, 6.45) is 5.15. The molecule has 0 atom stereocenters. The van der Waals surface area contributed by atoms with Crippen LogP contribution >= 0.6 is 35.3 Å². The van der Waals surface area contributed by atoms with Crippen molar-refractivity contribution < 1.29 is 4.79 Å². The Balaban J connectivity index is 0.00000264. The number of aliphatic imine (C=N–C) groups is 1. The second-order valence-corrected chi connectivity index (χ2v) is 6.41. The van der Waals surface area contributed by atoms with Crippen molar-refractivity contribution in [3.63, 3.8) is 0 Å². The molecule has 1 aromatic heterocycles. The van der Waals surface area contributed by atoms with Crippen LogP contribution in [-0.2, 0) is 17.8 Å². The summed E-state index contributed by atoms with van der Waals surface area (Å²) in [4.78, 5) is 23.9. The number of likely N-dealkylation sites (tertiary alicyclic amines) is 1. The van der Waals surface area contributed by atoms with Gasteiger partial charge in [0.1, 0.15) is 11.6 Å². The molecule has 130 valence electrons. The van der Waals surface area contributed by atoms with Crippen LogP contribution in [0.2, 0.25) is 0 Å². The van der Waals surface area contributed by atoms with Crippen molar-refractivity contribution in [2.75, 3.05) is 26.2 Å². The standard InChI is InChI=1S/C15H25N5OS.HI/c1-3-12-9-17-13(22-12)10-18-15(16-4-2)19-11-14(21)20-7-5-6-8-20;/h9H,3-8,10-11H2,1-2H3,(H2,16,18,19);1H. The van der Waals surface area contributed by atoms with Gasteiger partial charge >= 0.3 is 0 Å². The molecule has 2 heterocycles. The number of nitrogens with zero attached hydrogens (tertiary/aromatic N) is 3. The molecule has 23 heavy (non-hydrogen) atoms. The number of halogens is 1. The van der Waals surface area contributed by atoms with Gasteiger partial charge in [-0.2, -0.15) is 0 Å². The number of thiazole rings is 1. The van der Waals surface area contributed by atoms with Gasteiger partial charge in [-0.05, 0) is 26.2 Å². The number of hydrogen-bond donors (Lipinski definition) is 2.